The molecule has 2 aromatic carbocycles. The maximum absolute atomic E-state index is 9.46. The van der Waals surface area contributed by atoms with Crippen molar-refractivity contribution in [2.75, 3.05) is 5.73 Å². The second-order valence-corrected chi connectivity index (χ2v) is 6.01. The van der Waals surface area contributed by atoms with Crippen molar-refractivity contribution in [3.8, 4) is 0 Å². The number of benzene rings is 2. The minimum Gasteiger partial charge on any atom is -0.548 e. The van der Waals surface area contributed by atoms with E-state index in [9.17, 15) is 9.90 Å². The minimum absolute atomic E-state index is 0.791. The number of aromatic nitrogens is 1. The highest BCUT2D eigenvalue weighted by molar-refractivity contribution is 5.88. The molecule has 0 aliphatic carbocycles. The van der Waals surface area contributed by atoms with E-state index in [4.69, 9.17) is 11.5 Å². The number of nitrogens with two attached hydrogens (primary N) is 2. The van der Waals surface area contributed by atoms with E-state index >= 15 is 0 Å². The van der Waals surface area contributed by atoms with Gasteiger partial charge >= 0.3 is 0 Å². The summed E-state index contributed by atoms with van der Waals surface area (Å²) >= 11 is 0. The molecule has 0 bridgehead atoms. The number of nitrogen functional groups attached to an aromatic ring is 1. The second-order valence-electron chi connectivity index (χ2n) is 6.01. The number of carboxylic acid groups (broad SMARTS) is 1. The molecule has 0 radical (unpaired) electrons. The van der Waals surface area contributed by atoms with E-state index < -0.39 is 12.0 Å². The summed E-state index contributed by atoms with van der Waals surface area (Å²) in [5.41, 5.74) is 14.9. The van der Waals surface area contributed by atoms with E-state index in [0.717, 1.165) is 11.3 Å². The Morgan fingerprint density at radius 1 is 1.08 bits per heavy atom. The first-order valence-corrected chi connectivity index (χ1v) is 8.26. The third-order valence-corrected chi connectivity index (χ3v) is 3.84. The Morgan fingerprint density at radius 3 is 2.31 bits per heavy atom. The van der Waals surface area contributed by atoms with Crippen LogP contribution < -0.4 is 21.1 Å². The molecule has 0 amide bonds. The summed E-state index contributed by atoms with van der Waals surface area (Å²) < 4.78 is 2.13. The molecular formula is C21H23N3O2. The fourth-order valence-electron chi connectivity index (χ4n) is 2.33. The highest BCUT2D eigenvalue weighted by atomic mass is 16.4. The van der Waals surface area contributed by atoms with Gasteiger partial charge in [0.05, 0.1) is 11.4 Å². The van der Waals surface area contributed by atoms with Gasteiger partial charge in [-0.05, 0) is 36.2 Å². The van der Waals surface area contributed by atoms with Crippen molar-refractivity contribution in [3.63, 3.8) is 0 Å². The molecule has 5 heteroatoms. The van der Waals surface area contributed by atoms with Crippen LogP contribution in [-0.4, -0.2) is 12.0 Å². The number of nitrogens with zero attached hydrogens (tertiary/aromatic N) is 1. The number of hydrogen-bond donors (Lipinski definition) is 2. The van der Waals surface area contributed by atoms with Crippen LogP contribution in [0.1, 0.15) is 18.1 Å². The van der Waals surface area contributed by atoms with Crippen molar-refractivity contribution in [1.82, 2.24) is 0 Å². The van der Waals surface area contributed by atoms with Gasteiger partial charge in [-0.2, -0.15) is 0 Å². The zero-order valence-electron chi connectivity index (χ0n) is 14.9. The Kier molecular flexibility index (Phi) is 6.47. The fourth-order valence-corrected chi connectivity index (χ4v) is 2.33. The standard InChI is InChI=1S/C18H16N2.C3H7NO2/c1-20-13-12-15(17-4-2-3-5-18(17)20)9-6-14-7-10-16(19)11-8-14;1-2(4)3(5)6/h2-13,19H,1H3;2H,4H2,1H3,(H,5,6)/t;2-/m.0/s1. The average molecular weight is 349 g/mol. The molecule has 134 valence electrons. The number of hydrogen-bond acceptors (Lipinski definition) is 4. The molecule has 0 aliphatic rings. The molecule has 1 atom stereocenters. The van der Waals surface area contributed by atoms with E-state index in [1.165, 1.54) is 23.4 Å². The molecular weight excluding hydrogens is 326 g/mol. The summed E-state index contributed by atoms with van der Waals surface area (Å²) in [5.74, 6) is -1.21. The highest BCUT2D eigenvalue weighted by Crippen LogP contribution is 2.18. The van der Waals surface area contributed by atoms with Crippen LogP contribution in [0.4, 0.5) is 5.69 Å². The van der Waals surface area contributed by atoms with Gasteiger partial charge in [-0.15, -0.1) is 0 Å². The summed E-state index contributed by atoms with van der Waals surface area (Å²) in [6.45, 7) is 1.36. The van der Waals surface area contributed by atoms with E-state index in [0.29, 0.717) is 0 Å². The van der Waals surface area contributed by atoms with Gasteiger partial charge in [0.1, 0.15) is 7.05 Å². The van der Waals surface area contributed by atoms with Crippen molar-refractivity contribution in [1.29, 1.82) is 0 Å². The van der Waals surface area contributed by atoms with Gasteiger partial charge in [0.15, 0.2) is 6.20 Å². The maximum Gasteiger partial charge on any atom is 0.212 e. The average Bonchev–Trinajstić information content (AvgIpc) is 2.63. The Balaban J connectivity index is 0.000000352. The molecule has 1 heterocycles. The van der Waals surface area contributed by atoms with Gasteiger partial charge in [-0.25, -0.2) is 4.57 Å². The Bertz CT molecular complexity index is 916. The van der Waals surface area contributed by atoms with Gasteiger partial charge < -0.3 is 21.4 Å². The predicted octanol–water partition coefficient (Wildman–Crippen LogP) is 1.50. The molecule has 0 spiro atoms. The topological polar surface area (TPSA) is 96.0 Å². The summed E-state index contributed by atoms with van der Waals surface area (Å²) in [6.07, 6.45) is 6.35. The first-order chi connectivity index (χ1) is 12.4. The lowest BCUT2D eigenvalue weighted by atomic mass is 10.1. The van der Waals surface area contributed by atoms with Gasteiger partial charge in [0.25, 0.3) is 0 Å². The van der Waals surface area contributed by atoms with Gasteiger partial charge in [0.2, 0.25) is 5.52 Å². The molecule has 0 unspecified atom stereocenters. The lowest BCUT2D eigenvalue weighted by Crippen LogP contribution is -2.39. The lowest BCUT2D eigenvalue weighted by molar-refractivity contribution is -0.644. The SMILES string of the molecule is C[C@H](N)C(=O)[O-].C[n+]1ccc(C=Cc2ccc(N)cc2)c2ccccc21. The van der Waals surface area contributed by atoms with Crippen LogP contribution in [0, 0.1) is 0 Å². The maximum atomic E-state index is 9.46. The van der Waals surface area contributed by atoms with Crippen molar-refractivity contribution >= 4 is 34.7 Å². The third kappa shape index (κ3) is 5.16. The van der Waals surface area contributed by atoms with Crippen molar-refractivity contribution in [3.05, 3.63) is 71.9 Å². The lowest BCUT2D eigenvalue weighted by Gasteiger charge is -2.01. The number of anilines is 1. The molecule has 5 nitrogen and oxygen atoms in total. The number of aliphatic carboxylic acids is 1. The first-order valence-electron chi connectivity index (χ1n) is 8.26. The van der Waals surface area contributed by atoms with E-state index in [1.54, 1.807) is 0 Å². The Morgan fingerprint density at radius 2 is 1.69 bits per heavy atom. The molecule has 1 aromatic heterocycles. The number of pyridine rings is 1. The Hall–Kier alpha value is -3.18. The number of para-hydroxylation sites is 1. The number of fused-ring (bicyclic) bond motifs is 1. The highest BCUT2D eigenvalue weighted by Gasteiger charge is 2.06. The first kappa shape index (κ1) is 19.1. The molecule has 0 saturated carbocycles. The third-order valence-electron chi connectivity index (χ3n) is 3.84. The Labute approximate surface area is 153 Å². The number of carbonyl (C=O) groups is 1. The fraction of sp³-hybridized carbons (Fsp3) is 0.143. The smallest absolute Gasteiger partial charge is 0.212 e. The molecule has 26 heavy (non-hydrogen) atoms. The second kappa shape index (κ2) is 8.78. The summed E-state index contributed by atoms with van der Waals surface area (Å²) in [6, 6.07) is 17.6. The molecule has 0 saturated heterocycles. The largest absolute Gasteiger partial charge is 0.548 e. The van der Waals surface area contributed by atoms with Crippen molar-refractivity contribution in [2.45, 2.75) is 13.0 Å². The number of aryl methyl sites for hydroxylation is 1. The van der Waals surface area contributed by atoms with Crippen LogP contribution in [0.2, 0.25) is 0 Å². The van der Waals surface area contributed by atoms with E-state index in [2.05, 4.69) is 60.3 Å². The van der Waals surface area contributed by atoms with Crippen molar-refractivity contribution < 1.29 is 14.5 Å². The van der Waals surface area contributed by atoms with Crippen LogP contribution in [0.25, 0.3) is 23.1 Å². The zero-order valence-corrected chi connectivity index (χ0v) is 14.9. The molecule has 3 rings (SSSR count). The number of carboxylic acids is 1. The van der Waals surface area contributed by atoms with E-state index in [-0.39, 0.29) is 0 Å². The van der Waals surface area contributed by atoms with Crippen LogP contribution in [-0.2, 0) is 11.8 Å². The van der Waals surface area contributed by atoms with Gasteiger partial charge in [0, 0.05) is 23.9 Å². The predicted molar refractivity (Wildman–Crippen MR) is 104 cm³/mol. The minimum atomic E-state index is -1.21. The number of carbonyl (C=O) groups excluding carboxylic acids is 1. The summed E-state index contributed by atoms with van der Waals surface area (Å²) in [7, 11) is 2.07. The summed E-state index contributed by atoms with van der Waals surface area (Å²) in [5, 5.41) is 10.7. The van der Waals surface area contributed by atoms with Gasteiger partial charge in [-0.3, -0.25) is 0 Å². The van der Waals surface area contributed by atoms with Crippen LogP contribution in [0.3, 0.4) is 0 Å². The van der Waals surface area contributed by atoms with Gasteiger partial charge in [-0.1, -0.05) is 36.4 Å². The summed E-state index contributed by atoms with van der Waals surface area (Å²) in [4.78, 5) is 9.46. The monoisotopic (exact) mass is 349 g/mol. The van der Waals surface area contributed by atoms with Crippen LogP contribution in [0.5, 0.6) is 0 Å². The van der Waals surface area contributed by atoms with Crippen LogP contribution >= 0.6 is 0 Å². The van der Waals surface area contributed by atoms with Crippen LogP contribution in [0.15, 0.2) is 60.8 Å². The molecule has 3 aromatic rings. The molecule has 0 aliphatic heterocycles. The molecule has 4 N–H and O–H groups in total. The van der Waals surface area contributed by atoms with E-state index in [1.807, 2.05) is 24.3 Å². The quantitative estimate of drug-likeness (QED) is 0.553. The molecule has 0 fully saturated rings. The normalized spacial score (nSPS) is 11.8. The number of rotatable bonds is 3. The van der Waals surface area contributed by atoms with Crippen molar-refractivity contribution in [2.24, 2.45) is 12.8 Å². The zero-order chi connectivity index (χ0) is 19.1.